The Morgan fingerprint density at radius 3 is 1.74 bits per heavy atom. The summed E-state index contributed by atoms with van der Waals surface area (Å²) >= 11 is 0. The van der Waals surface area contributed by atoms with Crippen LogP contribution in [0, 0.1) is 62.9 Å². The molecule has 4 aromatic rings. The van der Waals surface area contributed by atoms with Gasteiger partial charge in [0.2, 0.25) is 0 Å². The molecular weight excluding hydrogens is 593 g/mol. The Morgan fingerprint density at radius 1 is 0.643 bits per heavy atom. The Morgan fingerprint density at radius 2 is 1.17 bits per heavy atom. The minimum atomic E-state index is -1.25. The minimum absolute atomic E-state index is 0. The van der Waals surface area contributed by atoms with Crippen molar-refractivity contribution in [2.75, 3.05) is 0 Å². The molecule has 214 valence electrons. The molecule has 2 nitrogen and oxygen atoms in total. The first-order valence-corrected chi connectivity index (χ1v) is 16.4. The zero-order chi connectivity index (χ0) is 28.7. The van der Waals surface area contributed by atoms with Gasteiger partial charge >= 0.3 is 0 Å². The van der Waals surface area contributed by atoms with Crippen LogP contribution in [0.5, 0.6) is 0 Å². The summed E-state index contributed by atoms with van der Waals surface area (Å²) in [6.45, 7) is 6.05. The number of rotatable bonds is 7. The molecule has 1 N–H and O–H groups in total. The van der Waals surface area contributed by atoms with Gasteiger partial charge in [0.15, 0.2) is 0 Å². The number of fused-ring (bicyclic) bond motifs is 1. The average Bonchev–Trinajstić information content (AvgIpc) is 3.73. The number of nitrogens with one attached hydrogen (secondary N) is 1. The second-order valence-corrected chi connectivity index (χ2v) is 15.0. The predicted molar refractivity (Wildman–Crippen MR) is 178 cm³/mol. The van der Waals surface area contributed by atoms with Gasteiger partial charge in [0.25, 0.3) is 0 Å². The first kappa shape index (κ1) is 33.1. The van der Waals surface area contributed by atoms with Gasteiger partial charge in [0.1, 0.15) is 0 Å². The van der Waals surface area contributed by atoms with Gasteiger partial charge in [-0.1, -0.05) is 103 Å². The van der Waals surface area contributed by atoms with Crippen molar-refractivity contribution in [1.29, 1.82) is 0 Å². The van der Waals surface area contributed by atoms with Gasteiger partial charge in [-0.25, -0.2) is 8.93 Å². The first-order valence-electron chi connectivity index (χ1n) is 13.9. The fraction of sp³-hybridized carbons (Fsp3) is 0.135. The van der Waals surface area contributed by atoms with Crippen LogP contribution in [0.1, 0.15) is 32.4 Å². The van der Waals surface area contributed by atoms with E-state index in [-0.39, 0.29) is 27.9 Å². The monoisotopic (exact) mass is 629 g/mol. The van der Waals surface area contributed by atoms with Gasteiger partial charge in [0, 0.05) is 28.6 Å². The Hall–Kier alpha value is -1.80. The molecule has 0 aliphatic heterocycles. The molecule has 6 rings (SSSR count). The van der Waals surface area contributed by atoms with Crippen molar-refractivity contribution in [1.82, 2.24) is 4.72 Å². The molecule has 4 aromatic carbocycles. The molecule has 0 bridgehead atoms. The zero-order valence-electron chi connectivity index (χ0n) is 24.1. The fourth-order valence-corrected chi connectivity index (χ4v) is 8.17. The summed E-state index contributed by atoms with van der Waals surface area (Å²) in [6, 6.07) is 36.2. The molecule has 0 spiro atoms. The third-order valence-electron chi connectivity index (χ3n) is 6.88. The summed E-state index contributed by atoms with van der Waals surface area (Å²) in [4.78, 5) is 0. The molecule has 2 atom stereocenters. The quantitative estimate of drug-likeness (QED) is 0.164. The van der Waals surface area contributed by atoms with Crippen molar-refractivity contribution in [3.05, 3.63) is 172 Å². The van der Waals surface area contributed by atoms with E-state index in [2.05, 4.69) is 127 Å². The van der Waals surface area contributed by atoms with E-state index in [0.29, 0.717) is 0 Å². The van der Waals surface area contributed by atoms with Crippen molar-refractivity contribution >= 4 is 40.3 Å². The molecule has 2 saturated carbocycles. The van der Waals surface area contributed by atoms with Gasteiger partial charge < -0.3 is 0 Å². The molecule has 0 amide bonds. The first-order chi connectivity index (χ1) is 19.9. The van der Waals surface area contributed by atoms with Crippen LogP contribution < -0.4 is 15.3 Å². The summed E-state index contributed by atoms with van der Waals surface area (Å²) < 4.78 is 16.7. The smallest absolute Gasteiger partial charge is 0.0976 e. The van der Waals surface area contributed by atoms with Crippen LogP contribution in [0.4, 0.5) is 0 Å². The molecule has 2 aliphatic carbocycles. The van der Waals surface area contributed by atoms with Gasteiger partial charge in [0.05, 0.1) is 21.8 Å². The molecular formula is C37H36FeNOPS. The predicted octanol–water partition coefficient (Wildman–Crippen LogP) is 7.82. The van der Waals surface area contributed by atoms with Gasteiger partial charge in [-0.2, -0.15) is 0 Å². The van der Waals surface area contributed by atoms with Gasteiger partial charge in [-0.05, 0) is 107 Å². The summed E-state index contributed by atoms with van der Waals surface area (Å²) in [5, 5.41) is 4.98. The topological polar surface area (TPSA) is 29.1 Å². The van der Waals surface area contributed by atoms with Crippen LogP contribution in [-0.2, 0) is 28.1 Å². The van der Waals surface area contributed by atoms with E-state index in [1.807, 2.05) is 52.9 Å². The fourth-order valence-electron chi connectivity index (χ4n) is 4.85. The van der Waals surface area contributed by atoms with E-state index in [0.717, 1.165) is 5.56 Å². The van der Waals surface area contributed by atoms with Crippen molar-refractivity contribution < 1.29 is 21.3 Å². The summed E-state index contributed by atoms with van der Waals surface area (Å²) in [5.74, 6) is 1.18. The molecule has 10 radical (unpaired) electrons. The average molecular weight is 630 g/mol. The Kier molecular flexibility index (Phi) is 12.4. The van der Waals surface area contributed by atoms with Crippen LogP contribution in [0.3, 0.4) is 0 Å². The maximum absolute atomic E-state index is 13.5. The van der Waals surface area contributed by atoms with Crippen LogP contribution in [0.25, 0.3) is 10.8 Å². The van der Waals surface area contributed by atoms with Gasteiger partial charge in [-0.3, -0.25) is 0 Å². The Balaban J connectivity index is 0.000000612. The second-order valence-electron chi connectivity index (χ2n) is 10.8. The van der Waals surface area contributed by atoms with Gasteiger partial charge in [-0.15, -0.1) is 0 Å². The normalized spacial score (nSPS) is 17.4. The van der Waals surface area contributed by atoms with Crippen LogP contribution in [-0.4, -0.2) is 8.96 Å². The maximum atomic E-state index is 13.5. The molecule has 2 aliphatic rings. The SMILES string of the molecule is CC(C)(C)[S@](=O)N[C@H]([C]1[CH][CH][CH][C]1P(c1ccccc1)c1ccccc1)c1cccc2ccccc12.[CH]1[CH][CH][CH][CH]1.[Fe]. The molecule has 42 heavy (non-hydrogen) atoms. The van der Waals surface area contributed by atoms with Crippen molar-refractivity contribution in [3.63, 3.8) is 0 Å². The second kappa shape index (κ2) is 15.8. The molecule has 5 heteroatoms. The summed E-state index contributed by atoms with van der Waals surface area (Å²) in [5.41, 5.74) is 2.44. The third kappa shape index (κ3) is 8.22. The van der Waals surface area contributed by atoms with E-state index in [4.69, 9.17) is 0 Å². The number of benzene rings is 4. The van der Waals surface area contributed by atoms with Crippen molar-refractivity contribution in [2.24, 2.45) is 0 Å². The molecule has 0 saturated heterocycles. The summed E-state index contributed by atoms with van der Waals surface area (Å²) in [7, 11) is -2.04. The molecule has 0 unspecified atom stereocenters. The van der Waals surface area contributed by atoms with E-state index in [1.54, 1.807) is 0 Å². The van der Waals surface area contributed by atoms with E-state index in [1.165, 1.54) is 33.0 Å². The zero-order valence-corrected chi connectivity index (χ0v) is 26.9. The van der Waals surface area contributed by atoms with Crippen LogP contribution >= 0.6 is 7.92 Å². The number of hydrogen-bond donors (Lipinski definition) is 1. The minimum Gasteiger partial charge on any atom is -0.242 e. The van der Waals surface area contributed by atoms with E-state index in [9.17, 15) is 4.21 Å². The van der Waals surface area contributed by atoms with Crippen LogP contribution in [0.15, 0.2) is 103 Å². The van der Waals surface area contributed by atoms with Crippen LogP contribution in [0.2, 0.25) is 0 Å². The third-order valence-corrected chi connectivity index (χ3v) is 11.0. The standard InChI is InChI=1S/C32H31NOPS.C5H5.Fe/c1-32(2,3)36(34)33-31(28-21-12-15-24-14-10-11-20-27(24)28)29-22-13-23-30(29)35(25-16-6-4-7-17-25)26-18-8-5-9-19-26;1-2-4-5-3-1;/h4-23,31,33H,1-3H3;1-5H;/t31-,36-;;/m0../s1. The maximum Gasteiger partial charge on any atom is 0.0976 e. The Labute approximate surface area is 268 Å². The molecule has 0 heterocycles. The molecule has 2 fully saturated rings. The Bertz CT molecular complexity index is 1350. The van der Waals surface area contributed by atoms with E-state index < -0.39 is 18.9 Å². The summed E-state index contributed by atoms with van der Waals surface area (Å²) in [6.07, 6.45) is 16.6. The molecule has 0 aromatic heterocycles. The number of hydrogen-bond acceptors (Lipinski definition) is 1. The van der Waals surface area contributed by atoms with E-state index >= 15 is 0 Å². The van der Waals surface area contributed by atoms with Crippen molar-refractivity contribution in [3.8, 4) is 0 Å². The largest absolute Gasteiger partial charge is 0.242 e. The van der Waals surface area contributed by atoms with Crippen molar-refractivity contribution in [2.45, 2.75) is 31.6 Å².